The van der Waals surface area contributed by atoms with Crippen LogP contribution in [-0.2, 0) is 9.57 Å². The van der Waals surface area contributed by atoms with Crippen molar-refractivity contribution in [3.63, 3.8) is 0 Å². The fourth-order valence-corrected chi connectivity index (χ4v) is 0.820. The van der Waals surface area contributed by atoms with Crippen LogP contribution in [-0.4, -0.2) is 26.0 Å². The van der Waals surface area contributed by atoms with E-state index in [4.69, 9.17) is 9.57 Å². The second-order valence-electron chi connectivity index (χ2n) is 3.59. The Bertz CT molecular complexity index is 144. The molecule has 0 aromatic heterocycles. The summed E-state index contributed by atoms with van der Waals surface area (Å²) < 4.78 is 4.83. The molecule has 0 atom stereocenters. The van der Waals surface area contributed by atoms with Crippen LogP contribution in [0.15, 0.2) is 5.16 Å². The average Bonchev–Trinajstić information content (AvgIpc) is 2.09. The van der Waals surface area contributed by atoms with Gasteiger partial charge in [-0.15, -0.1) is 0 Å². The first-order valence-electron chi connectivity index (χ1n) is 4.81. The third-order valence-corrected chi connectivity index (χ3v) is 1.68. The summed E-state index contributed by atoms with van der Waals surface area (Å²) in [6.07, 6.45) is 2.19. The molecule has 0 heterocycles. The maximum absolute atomic E-state index is 5.03. The zero-order valence-electron chi connectivity index (χ0n) is 9.17. The SMILES string of the molecule is COCCO/N=C(\C)CCC(C)C. The normalized spacial score (nSPS) is 12.2. The van der Waals surface area contributed by atoms with E-state index in [0.717, 1.165) is 18.1 Å². The molecule has 13 heavy (non-hydrogen) atoms. The van der Waals surface area contributed by atoms with Crippen molar-refractivity contribution >= 4 is 5.71 Å². The van der Waals surface area contributed by atoms with Gasteiger partial charge in [-0.05, 0) is 25.7 Å². The number of hydrogen-bond acceptors (Lipinski definition) is 3. The first kappa shape index (κ1) is 12.4. The predicted molar refractivity (Wildman–Crippen MR) is 55.0 cm³/mol. The molecule has 0 aromatic rings. The van der Waals surface area contributed by atoms with E-state index in [9.17, 15) is 0 Å². The van der Waals surface area contributed by atoms with Crippen molar-refractivity contribution in [3.8, 4) is 0 Å². The van der Waals surface area contributed by atoms with E-state index < -0.39 is 0 Å². The second-order valence-corrected chi connectivity index (χ2v) is 3.59. The van der Waals surface area contributed by atoms with Crippen molar-refractivity contribution in [2.75, 3.05) is 20.3 Å². The van der Waals surface area contributed by atoms with Gasteiger partial charge in [-0.1, -0.05) is 19.0 Å². The molecule has 3 nitrogen and oxygen atoms in total. The molecule has 0 amide bonds. The maximum atomic E-state index is 5.03. The Morgan fingerprint density at radius 2 is 2.00 bits per heavy atom. The molecule has 0 aliphatic heterocycles. The van der Waals surface area contributed by atoms with Gasteiger partial charge in [0.05, 0.1) is 12.3 Å². The lowest BCUT2D eigenvalue weighted by molar-refractivity contribution is 0.0746. The second kappa shape index (κ2) is 8.05. The molecule has 0 bridgehead atoms. The summed E-state index contributed by atoms with van der Waals surface area (Å²) in [4.78, 5) is 5.03. The van der Waals surface area contributed by atoms with Gasteiger partial charge in [0.25, 0.3) is 0 Å². The van der Waals surface area contributed by atoms with Gasteiger partial charge in [0.15, 0.2) is 0 Å². The molecule has 78 valence electrons. The number of oxime groups is 1. The minimum atomic E-state index is 0.537. The molecule has 0 fully saturated rings. The van der Waals surface area contributed by atoms with Gasteiger partial charge >= 0.3 is 0 Å². The topological polar surface area (TPSA) is 30.8 Å². The lowest BCUT2D eigenvalue weighted by Crippen LogP contribution is -2.01. The Hall–Kier alpha value is -0.570. The lowest BCUT2D eigenvalue weighted by Gasteiger charge is -2.04. The van der Waals surface area contributed by atoms with Crippen LogP contribution in [0.4, 0.5) is 0 Å². The third kappa shape index (κ3) is 9.34. The Morgan fingerprint density at radius 1 is 1.31 bits per heavy atom. The Kier molecular flexibility index (Phi) is 7.69. The highest BCUT2D eigenvalue weighted by Crippen LogP contribution is 2.04. The molecule has 0 aliphatic carbocycles. The van der Waals surface area contributed by atoms with Gasteiger partial charge in [0, 0.05) is 7.11 Å². The van der Waals surface area contributed by atoms with Crippen molar-refractivity contribution in [1.82, 2.24) is 0 Å². The van der Waals surface area contributed by atoms with E-state index in [0.29, 0.717) is 13.2 Å². The van der Waals surface area contributed by atoms with Gasteiger partial charge in [-0.3, -0.25) is 0 Å². The third-order valence-electron chi connectivity index (χ3n) is 1.68. The molecule has 0 rings (SSSR count). The Balaban J connectivity index is 3.40. The number of methoxy groups -OCH3 is 1. The summed E-state index contributed by atoms with van der Waals surface area (Å²) in [7, 11) is 1.65. The van der Waals surface area contributed by atoms with Crippen LogP contribution in [0.1, 0.15) is 33.6 Å². The van der Waals surface area contributed by atoms with Crippen molar-refractivity contribution in [2.45, 2.75) is 33.6 Å². The van der Waals surface area contributed by atoms with Crippen LogP contribution in [0.2, 0.25) is 0 Å². The number of rotatable bonds is 7. The first-order chi connectivity index (χ1) is 6.16. The number of hydrogen-bond donors (Lipinski definition) is 0. The van der Waals surface area contributed by atoms with E-state index >= 15 is 0 Å². The van der Waals surface area contributed by atoms with Crippen molar-refractivity contribution in [2.24, 2.45) is 11.1 Å². The summed E-state index contributed by atoms with van der Waals surface area (Å²) in [6.45, 7) is 7.55. The van der Waals surface area contributed by atoms with Gasteiger partial charge in [0.1, 0.15) is 6.61 Å². The fourth-order valence-electron chi connectivity index (χ4n) is 0.820. The van der Waals surface area contributed by atoms with E-state index in [1.54, 1.807) is 7.11 Å². The molecular weight excluding hydrogens is 166 g/mol. The molecule has 0 unspecified atom stereocenters. The van der Waals surface area contributed by atoms with Crippen LogP contribution >= 0.6 is 0 Å². The van der Waals surface area contributed by atoms with Crippen LogP contribution in [0, 0.1) is 5.92 Å². The average molecular weight is 187 g/mol. The van der Waals surface area contributed by atoms with Crippen molar-refractivity contribution in [1.29, 1.82) is 0 Å². The standard InChI is InChI=1S/C10H21NO2/c1-9(2)5-6-10(3)11-13-8-7-12-4/h9H,5-8H2,1-4H3/b11-10+. The zero-order valence-corrected chi connectivity index (χ0v) is 9.17. The molecule has 0 radical (unpaired) electrons. The monoisotopic (exact) mass is 187 g/mol. The summed E-state index contributed by atoms with van der Waals surface area (Å²) >= 11 is 0. The molecule has 0 aliphatic rings. The summed E-state index contributed by atoms with van der Waals surface area (Å²) in [6, 6.07) is 0. The molecule has 0 spiro atoms. The van der Waals surface area contributed by atoms with E-state index in [2.05, 4.69) is 19.0 Å². The van der Waals surface area contributed by atoms with Crippen LogP contribution in [0.25, 0.3) is 0 Å². The zero-order chi connectivity index (χ0) is 10.1. The summed E-state index contributed by atoms with van der Waals surface area (Å²) in [5, 5.41) is 3.97. The molecule has 3 heteroatoms. The Morgan fingerprint density at radius 3 is 2.54 bits per heavy atom. The van der Waals surface area contributed by atoms with E-state index in [-0.39, 0.29) is 0 Å². The molecule has 0 aromatic carbocycles. The fraction of sp³-hybridized carbons (Fsp3) is 0.900. The van der Waals surface area contributed by atoms with Crippen molar-refractivity contribution < 1.29 is 9.57 Å². The number of ether oxygens (including phenoxy) is 1. The predicted octanol–water partition coefficient (Wildman–Crippen LogP) is 2.46. The molecule has 0 N–H and O–H groups in total. The van der Waals surface area contributed by atoms with E-state index in [1.165, 1.54) is 6.42 Å². The lowest BCUT2D eigenvalue weighted by atomic mass is 10.1. The highest BCUT2D eigenvalue weighted by Gasteiger charge is 1.96. The van der Waals surface area contributed by atoms with Crippen molar-refractivity contribution in [3.05, 3.63) is 0 Å². The summed E-state index contributed by atoms with van der Waals surface area (Å²) in [5.74, 6) is 0.726. The minimum Gasteiger partial charge on any atom is -0.393 e. The van der Waals surface area contributed by atoms with E-state index in [1.807, 2.05) is 6.92 Å². The molecule has 0 saturated carbocycles. The molecular formula is C10H21NO2. The molecule has 0 saturated heterocycles. The van der Waals surface area contributed by atoms with Crippen LogP contribution in [0.5, 0.6) is 0 Å². The highest BCUT2D eigenvalue weighted by molar-refractivity contribution is 5.81. The summed E-state index contributed by atoms with van der Waals surface area (Å²) in [5.41, 5.74) is 1.06. The number of nitrogens with zero attached hydrogens (tertiary/aromatic N) is 1. The maximum Gasteiger partial charge on any atom is 0.140 e. The van der Waals surface area contributed by atoms with Gasteiger partial charge in [-0.25, -0.2) is 0 Å². The van der Waals surface area contributed by atoms with Gasteiger partial charge in [0.2, 0.25) is 0 Å². The minimum absolute atomic E-state index is 0.537. The first-order valence-corrected chi connectivity index (χ1v) is 4.81. The smallest absolute Gasteiger partial charge is 0.140 e. The Labute approximate surface area is 81.1 Å². The van der Waals surface area contributed by atoms with Gasteiger partial charge in [-0.2, -0.15) is 0 Å². The van der Waals surface area contributed by atoms with Gasteiger partial charge < -0.3 is 9.57 Å². The highest BCUT2D eigenvalue weighted by atomic mass is 16.6. The quantitative estimate of drug-likeness (QED) is 0.348. The van der Waals surface area contributed by atoms with Crippen LogP contribution in [0.3, 0.4) is 0 Å². The van der Waals surface area contributed by atoms with Crippen LogP contribution < -0.4 is 0 Å². The largest absolute Gasteiger partial charge is 0.393 e.